The van der Waals surface area contributed by atoms with Gasteiger partial charge in [0.1, 0.15) is 0 Å². The average molecular weight is 377 g/mol. The molecule has 23 heavy (non-hydrogen) atoms. The van der Waals surface area contributed by atoms with Gasteiger partial charge in [-0.3, -0.25) is 0 Å². The summed E-state index contributed by atoms with van der Waals surface area (Å²) >= 11 is -0.147. The summed E-state index contributed by atoms with van der Waals surface area (Å²) in [7, 11) is 0. The van der Waals surface area contributed by atoms with E-state index in [1.54, 1.807) is 15.0 Å². The number of fused-ring (bicyclic) bond motifs is 3. The van der Waals surface area contributed by atoms with Crippen molar-refractivity contribution >= 4 is 0 Å². The molecule has 0 nitrogen and oxygen atoms in total. The number of benzene rings is 2. The summed E-state index contributed by atoms with van der Waals surface area (Å²) in [5.74, 6) is 0. The molecule has 0 N–H and O–H groups in total. The fourth-order valence-electron chi connectivity index (χ4n) is 3.48. The molecule has 3 heteroatoms. The molecule has 1 atom stereocenters. The van der Waals surface area contributed by atoms with Crippen LogP contribution in [0.1, 0.15) is 32.9 Å². The van der Waals surface area contributed by atoms with Crippen molar-refractivity contribution in [2.45, 2.75) is 24.5 Å². The standard InChI is InChI=1S/C15H13.C5H5.2ClH.Ti/c1-10-7-8-14-13-6-4-3-5-12(13)9-15(14)11(10)2;1-2-4-5-3-1;;;/h3-9H,1-2H3;1-3H,4H2;2*1H;/q;;;;+2/p-2. The molecular weight excluding hydrogens is 359 g/mol. The summed E-state index contributed by atoms with van der Waals surface area (Å²) in [6.45, 7) is 4.55. The van der Waals surface area contributed by atoms with Gasteiger partial charge in [0.2, 0.25) is 0 Å². The zero-order chi connectivity index (χ0) is 14.4. The quantitative estimate of drug-likeness (QED) is 0.608. The van der Waals surface area contributed by atoms with Gasteiger partial charge in [-0.05, 0) is 0 Å². The van der Waals surface area contributed by atoms with E-state index < -0.39 is 0 Å². The molecule has 1 unspecified atom stereocenters. The minimum atomic E-state index is -0.147. The molecule has 0 saturated heterocycles. The Balaban J connectivity index is 0.000000960. The van der Waals surface area contributed by atoms with Gasteiger partial charge in [-0.15, -0.1) is 0 Å². The summed E-state index contributed by atoms with van der Waals surface area (Å²) in [6, 6.07) is 13.6. The molecule has 0 saturated carbocycles. The van der Waals surface area contributed by atoms with Crippen molar-refractivity contribution in [1.82, 2.24) is 0 Å². The van der Waals surface area contributed by atoms with Crippen LogP contribution in [0.2, 0.25) is 0 Å². The van der Waals surface area contributed by atoms with Gasteiger partial charge in [0.15, 0.2) is 0 Å². The monoisotopic (exact) mass is 376 g/mol. The van der Waals surface area contributed by atoms with E-state index in [1.165, 1.54) is 28.7 Å². The third-order valence-corrected chi connectivity index (χ3v) is 7.28. The molecule has 0 aliphatic heterocycles. The maximum Gasteiger partial charge on any atom is -1.00 e. The van der Waals surface area contributed by atoms with Gasteiger partial charge in [0.05, 0.1) is 0 Å². The Bertz CT molecular complexity index is 790. The van der Waals surface area contributed by atoms with Crippen molar-refractivity contribution in [3.63, 3.8) is 0 Å². The van der Waals surface area contributed by atoms with E-state index in [4.69, 9.17) is 0 Å². The first kappa shape index (κ1) is 18.6. The van der Waals surface area contributed by atoms with Crippen molar-refractivity contribution in [1.29, 1.82) is 0 Å². The second-order valence-corrected chi connectivity index (χ2v) is 8.31. The largest absolute Gasteiger partial charge is 1.00 e. The first-order valence-electron chi connectivity index (χ1n) is 7.57. The summed E-state index contributed by atoms with van der Waals surface area (Å²) < 4.78 is 2.34. The normalized spacial score (nSPS) is 16.6. The summed E-state index contributed by atoms with van der Waals surface area (Å²) in [5, 5.41) is 0. The molecule has 0 radical (unpaired) electrons. The Morgan fingerprint density at radius 2 is 1.74 bits per heavy atom. The molecule has 0 amide bonds. The molecule has 0 spiro atoms. The fourth-order valence-corrected chi connectivity index (χ4v) is 6.17. The van der Waals surface area contributed by atoms with Crippen LogP contribution < -0.4 is 24.8 Å². The van der Waals surface area contributed by atoms with E-state index in [0.717, 1.165) is 0 Å². The Kier molecular flexibility index (Phi) is 5.97. The van der Waals surface area contributed by atoms with E-state index in [2.05, 4.69) is 68.5 Å². The second kappa shape index (κ2) is 7.41. The third kappa shape index (κ3) is 3.11. The van der Waals surface area contributed by atoms with Crippen LogP contribution in [-0.2, 0) is 19.2 Å². The van der Waals surface area contributed by atoms with Crippen molar-refractivity contribution in [2.24, 2.45) is 0 Å². The smallest absolute Gasteiger partial charge is 1.00 e. The molecule has 2 aromatic rings. The van der Waals surface area contributed by atoms with Crippen LogP contribution in [0.4, 0.5) is 0 Å². The Morgan fingerprint density at radius 1 is 0.957 bits per heavy atom. The van der Waals surface area contributed by atoms with Crippen LogP contribution in [0.15, 0.2) is 58.5 Å². The summed E-state index contributed by atoms with van der Waals surface area (Å²) in [5.41, 5.74) is 9.06. The van der Waals surface area contributed by atoms with Gasteiger partial charge in [-0.1, -0.05) is 0 Å². The predicted octanol–water partition coefficient (Wildman–Crippen LogP) is -0.692. The molecule has 0 aromatic heterocycles. The Morgan fingerprint density at radius 3 is 2.48 bits per heavy atom. The van der Waals surface area contributed by atoms with Crippen molar-refractivity contribution in [3.05, 3.63) is 80.8 Å². The Labute approximate surface area is 159 Å². The van der Waals surface area contributed by atoms with Gasteiger partial charge in [-0.25, -0.2) is 0 Å². The van der Waals surface area contributed by atoms with Gasteiger partial charge in [0, 0.05) is 0 Å². The number of halogens is 2. The molecule has 0 heterocycles. The number of allylic oxidation sites excluding steroid dienone is 4. The minimum Gasteiger partial charge on any atom is -1.00 e. The van der Waals surface area contributed by atoms with Crippen molar-refractivity contribution < 1.29 is 44.0 Å². The van der Waals surface area contributed by atoms with Crippen LogP contribution in [0.25, 0.3) is 11.1 Å². The van der Waals surface area contributed by atoms with E-state index in [9.17, 15) is 0 Å². The molecule has 4 rings (SSSR count). The molecule has 0 fully saturated rings. The van der Waals surface area contributed by atoms with Gasteiger partial charge < -0.3 is 24.8 Å². The molecule has 2 aromatic carbocycles. The van der Waals surface area contributed by atoms with Crippen LogP contribution >= 0.6 is 0 Å². The van der Waals surface area contributed by atoms with E-state index in [-0.39, 0.29) is 44.0 Å². The van der Waals surface area contributed by atoms with Crippen LogP contribution in [0.3, 0.4) is 0 Å². The number of hydrogen-bond acceptors (Lipinski definition) is 0. The number of hydrogen-bond donors (Lipinski definition) is 0. The predicted molar refractivity (Wildman–Crippen MR) is 85.0 cm³/mol. The van der Waals surface area contributed by atoms with Crippen LogP contribution in [-0.4, -0.2) is 0 Å². The molecule has 0 bridgehead atoms. The van der Waals surface area contributed by atoms with E-state index in [0.29, 0.717) is 4.22 Å². The fraction of sp³-hybridized carbons (Fsp3) is 0.200. The average Bonchev–Trinajstić information content (AvgIpc) is 3.11. The third-order valence-electron chi connectivity index (χ3n) is 4.74. The first-order valence-corrected chi connectivity index (χ1v) is 9.25. The summed E-state index contributed by atoms with van der Waals surface area (Å²) in [6.07, 6.45) is 8.05. The van der Waals surface area contributed by atoms with Crippen LogP contribution in [0, 0.1) is 13.8 Å². The van der Waals surface area contributed by atoms with Gasteiger partial charge in [-0.2, -0.15) is 0 Å². The zero-order valence-corrected chi connectivity index (χ0v) is 16.3. The SMILES string of the molecule is Cc1ccc2c(c1C)[CH]([Ti+2][C]1=CC=CC1)c1ccccc1-2.[Cl-].[Cl-]. The number of aryl methyl sites for hydroxylation is 1. The number of rotatable bonds is 2. The van der Waals surface area contributed by atoms with Crippen LogP contribution in [0.5, 0.6) is 0 Å². The zero-order valence-electron chi connectivity index (χ0n) is 13.2. The molecule has 2 aliphatic rings. The molecular formula is C20H18Cl2Ti. The summed E-state index contributed by atoms with van der Waals surface area (Å²) in [4.78, 5) is 0. The van der Waals surface area contributed by atoms with Crippen molar-refractivity contribution in [3.8, 4) is 11.1 Å². The maximum atomic E-state index is 2.35. The Hall–Kier alpha value is -0.786. The van der Waals surface area contributed by atoms with E-state index >= 15 is 0 Å². The first-order chi connectivity index (χ1) is 10.3. The van der Waals surface area contributed by atoms with E-state index in [1.807, 2.05) is 0 Å². The molecule has 116 valence electrons. The topological polar surface area (TPSA) is 0 Å². The maximum absolute atomic E-state index is 2.35. The van der Waals surface area contributed by atoms with Gasteiger partial charge in [0.25, 0.3) is 0 Å². The second-order valence-electron chi connectivity index (χ2n) is 5.96. The van der Waals surface area contributed by atoms with Crippen molar-refractivity contribution in [2.75, 3.05) is 0 Å². The minimum absolute atomic E-state index is 0. The molecule has 2 aliphatic carbocycles. The van der Waals surface area contributed by atoms with Gasteiger partial charge >= 0.3 is 136 Å².